The highest BCUT2D eigenvalue weighted by Crippen LogP contribution is 2.12. The van der Waals surface area contributed by atoms with E-state index in [1.165, 1.54) is 0 Å². The first-order valence-electron chi connectivity index (χ1n) is 11.1. The van der Waals surface area contributed by atoms with Gasteiger partial charge in [-0.3, -0.25) is 14.5 Å². The maximum Gasteiger partial charge on any atom is 0.410 e. The molecule has 1 atom stereocenters. The molecule has 2 N–H and O–H groups in total. The van der Waals surface area contributed by atoms with E-state index in [0.717, 1.165) is 26.1 Å². The zero-order valence-corrected chi connectivity index (χ0v) is 19.6. The van der Waals surface area contributed by atoms with Gasteiger partial charge in [0.1, 0.15) is 17.4 Å². The quantitative estimate of drug-likeness (QED) is 0.557. The van der Waals surface area contributed by atoms with Crippen molar-refractivity contribution in [1.82, 2.24) is 20.4 Å². The molecule has 9 nitrogen and oxygen atoms in total. The van der Waals surface area contributed by atoms with Crippen LogP contribution in [0, 0.1) is 0 Å². The number of carbonyl (C=O) groups excluding carboxylic acids is 3. The number of hydrogen-bond donors (Lipinski definition) is 2. The van der Waals surface area contributed by atoms with Gasteiger partial charge in [0.2, 0.25) is 5.91 Å². The van der Waals surface area contributed by atoms with Gasteiger partial charge >= 0.3 is 6.09 Å². The first kappa shape index (κ1) is 25.5. The second-order valence-electron chi connectivity index (χ2n) is 8.84. The standard InChI is InChI=1S/C23H36N4O5/c1-18(25-20(28)17-31-19-9-6-5-7-10-19)21(29)24-11-8-12-26-13-15-27(16-14-26)22(30)32-23(2,3)4/h5-7,9-10,18H,8,11-17H2,1-4H3,(H,24,29)(H,25,28). The van der Waals surface area contributed by atoms with Crippen LogP contribution in [0.25, 0.3) is 0 Å². The van der Waals surface area contributed by atoms with E-state index in [9.17, 15) is 14.4 Å². The van der Waals surface area contributed by atoms with Gasteiger partial charge < -0.3 is 25.0 Å². The number of ether oxygens (including phenoxy) is 2. The lowest BCUT2D eigenvalue weighted by molar-refractivity contribution is -0.129. The van der Waals surface area contributed by atoms with Gasteiger partial charge in [0.05, 0.1) is 0 Å². The minimum absolute atomic E-state index is 0.142. The maximum absolute atomic E-state index is 12.2. The Morgan fingerprint density at radius 3 is 2.34 bits per heavy atom. The number of benzene rings is 1. The molecule has 2 rings (SSSR count). The molecule has 9 heteroatoms. The Bertz CT molecular complexity index is 743. The van der Waals surface area contributed by atoms with E-state index in [1.807, 2.05) is 39.0 Å². The molecule has 0 spiro atoms. The third-order valence-electron chi connectivity index (χ3n) is 4.86. The maximum atomic E-state index is 12.2. The molecule has 1 aliphatic rings. The molecule has 0 radical (unpaired) electrons. The van der Waals surface area contributed by atoms with Crippen molar-refractivity contribution in [3.05, 3.63) is 30.3 Å². The summed E-state index contributed by atoms with van der Waals surface area (Å²) >= 11 is 0. The molecule has 1 aromatic rings. The van der Waals surface area contributed by atoms with Gasteiger partial charge in [-0.05, 0) is 52.8 Å². The van der Waals surface area contributed by atoms with E-state index in [2.05, 4.69) is 15.5 Å². The Morgan fingerprint density at radius 1 is 1.06 bits per heavy atom. The zero-order chi connectivity index (χ0) is 23.6. The topological polar surface area (TPSA) is 100 Å². The van der Waals surface area contributed by atoms with E-state index in [0.29, 0.717) is 25.4 Å². The van der Waals surface area contributed by atoms with Crippen molar-refractivity contribution in [1.29, 1.82) is 0 Å². The fraction of sp³-hybridized carbons (Fsp3) is 0.609. The summed E-state index contributed by atoms with van der Waals surface area (Å²) in [7, 11) is 0. The smallest absolute Gasteiger partial charge is 0.410 e. The van der Waals surface area contributed by atoms with Gasteiger partial charge in [0, 0.05) is 32.7 Å². The summed E-state index contributed by atoms with van der Waals surface area (Å²) in [6.45, 7) is 11.3. The lowest BCUT2D eigenvalue weighted by Crippen LogP contribution is -2.50. The first-order chi connectivity index (χ1) is 15.1. The monoisotopic (exact) mass is 448 g/mol. The Labute approximate surface area is 190 Å². The highest BCUT2D eigenvalue weighted by Gasteiger charge is 2.25. The van der Waals surface area contributed by atoms with Gasteiger partial charge in [-0.1, -0.05) is 18.2 Å². The van der Waals surface area contributed by atoms with Crippen LogP contribution in [0.5, 0.6) is 5.75 Å². The van der Waals surface area contributed by atoms with Gasteiger partial charge in [0.25, 0.3) is 5.91 Å². The van der Waals surface area contributed by atoms with Crippen molar-refractivity contribution in [2.24, 2.45) is 0 Å². The molecule has 0 bridgehead atoms. The van der Waals surface area contributed by atoms with Crippen LogP contribution in [0.3, 0.4) is 0 Å². The predicted molar refractivity (Wildman–Crippen MR) is 121 cm³/mol. The van der Waals surface area contributed by atoms with Gasteiger partial charge in [-0.25, -0.2) is 4.79 Å². The van der Waals surface area contributed by atoms with Crippen LogP contribution in [-0.4, -0.2) is 85.2 Å². The molecule has 0 saturated carbocycles. The molecule has 1 aliphatic heterocycles. The van der Waals surface area contributed by atoms with Crippen LogP contribution in [0.4, 0.5) is 4.79 Å². The molecular weight excluding hydrogens is 412 g/mol. The van der Waals surface area contributed by atoms with Crippen LogP contribution in [0.15, 0.2) is 30.3 Å². The van der Waals surface area contributed by atoms with E-state index >= 15 is 0 Å². The predicted octanol–water partition coefficient (Wildman–Crippen LogP) is 1.63. The Balaban J connectivity index is 1.56. The third kappa shape index (κ3) is 9.55. The average molecular weight is 449 g/mol. The van der Waals surface area contributed by atoms with Crippen molar-refractivity contribution in [2.75, 3.05) is 45.9 Å². The van der Waals surface area contributed by atoms with E-state index < -0.39 is 11.6 Å². The summed E-state index contributed by atoms with van der Waals surface area (Å²) in [6.07, 6.45) is 0.519. The summed E-state index contributed by atoms with van der Waals surface area (Å²) < 4.78 is 10.8. The van der Waals surface area contributed by atoms with Crippen LogP contribution in [0.2, 0.25) is 0 Å². The van der Waals surface area contributed by atoms with Crippen LogP contribution in [-0.2, 0) is 14.3 Å². The number of rotatable bonds is 9. The second kappa shape index (κ2) is 12.3. The molecule has 178 valence electrons. The highest BCUT2D eigenvalue weighted by molar-refractivity contribution is 5.87. The molecule has 1 saturated heterocycles. The zero-order valence-electron chi connectivity index (χ0n) is 19.6. The van der Waals surface area contributed by atoms with Crippen molar-refractivity contribution < 1.29 is 23.9 Å². The summed E-state index contributed by atoms with van der Waals surface area (Å²) in [6, 6.07) is 8.40. The first-order valence-corrected chi connectivity index (χ1v) is 11.1. The highest BCUT2D eigenvalue weighted by atomic mass is 16.6. The Morgan fingerprint density at radius 2 is 1.72 bits per heavy atom. The lowest BCUT2D eigenvalue weighted by Gasteiger charge is -2.35. The lowest BCUT2D eigenvalue weighted by atomic mass is 10.2. The summed E-state index contributed by atoms with van der Waals surface area (Å²) in [5.41, 5.74) is -0.488. The number of carbonyl (C=O) groups is 3. The number of hydrogen-bond acceptors (Lipinski definition) is 6. The number of nitrogens with zero attached hydrogens (tertiary/aromatic N) is 2. The minimum Gasteiger partial charge on any atom is -0.484 e. The molecule has 1 heterocycles. The average Bonchev–Trinajstić information content (AvgIpc) is 2.75. The van der Waals surface area contributed by atoms with Gasteiger partial charge in [-0.2, -0.15) is 0 Å². The van der Waals surface area contributed by atoms with Gasteiger partial charge in [0.15, 0.2) is 6.61 Å². The molecule has 3 amide bonds. The molecule has 0 aromatic heterocycles. The molecule has 0 aliphatic carbocycles. The Kier molecular flexibility index (Phi) is 9.77. The van der Waals surface area contributed by atoms with Crippen molar-refractivity contribution >= 4 is 17.9 Å². The molecule has 1 unspecified atom stereocenters. The number of amides is 3. The molecule has 32 heavy (non-hydrogen) atoms. The fourth-order valence-corrected chi connectivity index (χ4v) is 3.16. The largest absolute Gasteiger partial charge is 0.484 e. The molecule has 1 fully saturated rings. The minimum atomic E-state index is -0.640. The number of piperazine rings is 1. The van der Waals surface area contributed by atoms with Crippen LogP contribution < -0.4 is 15.4 Å². The normalized spacial score (nSPS) is 15.6. The third-order valence-corrected chi connectivity index (χ3v) is 4.86. The fourth-order valence-electron chi connectivity index (χ4n) is 3.16. The Hall–Kier alpha value is -2.81. The summed E-state index contributed by atoms with van der Waals surface area (Å²) in [5, 5.41) is 5.48. The summed E-state index contributed by atoms with van der Waals surface area (Å²) in [5.74, 6) is 0.0267. The van der Waals surface area contributed by atoms with Crippen molar-refractivity contribution in [3.8, 4) is 5.75 Å². The molecule has 1 aromatic carbocycles. The van der Waals surface area contributed by atoms with E-state index in [4.69, 9.17) is 9.47 Å². The van der Waals surface area contributed by atoms with Crippen LogP contribution in [0.1, 0.15) is 34.1 Å². The van der Waals surface area contributed by atoms with Crippen LogP contribution >= 0.6 is 0 Å². The SMILES string of the molecule is CC(NC(=O)COc1ccccc1)C(=O)NCCCN1CCN(C(=O)OC(C)(C)C)CC1. The van der Waals surface area contributed by atoms with E-state index in [1.54, 1.807) is 24.0 Å². The van der Waals surface area contributed by atoms with Gasteiger partial charge in [-0.15, -0.1) is 0 Å². The summed E-state index contributed by atoms with van der Waals surface area (Å²) in [4.78, 5) is 40.3. The number of nitrogens with one attached hydrogen (secondary N) is 2. The number of para-hydroxylation sites is 1. The van der Waals surface area contributed by atoms with E-state index in [-0.39, 0.29) is 24.5 Å². The molecular formula is C23H36N4O5. The van der Waals surface area contributed by atoms with Crippen molar-refractivity contribution in [2.45, 2.75) is 45.8 Å². The van der Waals surface area contributed by atoms with Crippen molar-refractivity contribution in [3.63, 3.8) is 0 Å². The second-order valence-corrected chi connectivity index (χ2v) is 8.84.